The fourth-order valence-electron chi connectivity index (χ4n) is 3.66. The molecule has 29 heavy (non-hydrogen) atoms. The van der Waals surface area contributed by atoms with Crippen molar-refractivity contribution in [3.05, 3.63) is 71.3 Å². The first-order valence-electron chi connectivity index (χ1n) is 10.1. The summed E-state index contributed by atoms with van der Waals surface area (Å²) in [4.78, 5) is 16.2. The quantitative estimate of drug-likeness (QED) is 0.700. The van der Waals surface area contributed by atoms with Crippen molar-refractivity contribution >= 4 is 5.82 Å². The van der Waals surface area contributed by atoms with Crippen LogP contribution < -0.4 is 5.32 Å². The first kappa shape index (κ1) is 19.5. The predicted molar refractivity (Wildman–Crippen MR) is 113 cm³/mol. The number of aryl methyl sites for hydroxylation is 1. The summed E-state index contributed by atoms with van der Waals surface area (Å²) in [5.74, 6) is 1.37. The first-order valence-corrected chi connectivity index (χ1v) is 10.1. The molecule has 1 saturated heterocycles. The van der Waals surface area contributed by atoms with Gasteiger partial charge in [0.15, 0.2) is 5.82 Å². The Labute approximate surface area is 171 Å². The largest absolute Gasteiger partial charge is 0.367 e. The molecule has 3 heterocycles. The van der Waals surface area contributed by atoms with E-state index in [1.165, 1.54) is 12.1 Å². The lowest BCUT2D eigenvalue weighted by atomic mass is 10.0. The van der Waals surface area contributed by atoms with Crippen LogP contribution in [0.1, 0.15) is 29.7 Å². The number of piperidine rings is 1. The number of nitrogens with one attached hydrogen (secondary N) is 1. The molecule has 1 N–H and O–H groups in total. The number of halogens is 1. The van der Waals surface area contributed by atoms with E-state index in [-0.39, 0.29) is 5.82 Å². The van der Waals surface area contributed by atoms with Crippen LogP contribution in [0.5, 0.6) is 0 Å². The monoisotopic (exact) mass is 391 g/mol. The van der Waals surface area contributed by atoms with Crippen LogP contribution in [-0.4, -0.2) is 39.0 Å². The molecule has 0 saturated carbocycles. The zero-order valence-electron chi connectivity index (χ0n) is 16.9. The Morgan fingerprint density at radius 2 is 1.79 bits per heavy atom. The number of likely N-dealkylation sites (tertiary alicyclic amines) is 1. The summed E-state index contributed by atoms with van der Waals surface area (Å²) < 4.78 is 13.1. The molecular weight excluding hydrogens is 365 g/mol. The maximum absolute atomic E-state index is 13.1. The molecule has 4 rings (SSSR count). The lowest BCUT2D eigenvalue weighted by Crippen LogP contribution is -2.39. The molecule has 0 radical (unpaired) electrons. The molecule has 0 spiro atoms. The van der Waals surface area contributed by atoms with Crippen LogP contribution in [0.2, 0.25) is 0 Å². The number of rotatable bonds is 5. The maximum atomic E-state index is 13.1. The third kappa shape index (κ3) is 4.77. The number of hydrogen-bond donors (Lipinski definition) is 1. The molecule has 3 aromatic rings. The minimum absolute atomic E-state index is 0.183. The maximum Gasteiger partial charge on any atom is 0.180 e. The predicted octanol–water partition coefficient (Wildman–Crippen LogP) is 4.37. The number of aromatic nitrogens is 3. The van der Waals surface area contributed by atoms with Crippen LogP contribution in [-0.2, 0) is 6.54 Å². The summed E-state index contributed by atoms with van der Waals surface area (Å²) in [6, 6.07) is 12.9. The Morgan fingerprint density at radius 1 is 1.03 bits per heavy atom. The van der Waals surface area contributed by atoms with Crippen molar-refractivity contribution in [2.75, 3.05) is 18.4 Å². The summed E-state index contributed by atoms with van der Waals surface area (Å²) in [6.07, 6.45) is 3.85. The van der Waals surface area contributed by atoms with E-state index in [2.05, 4.69) is 27.1 Å². The number of benzene rings is 1. The minimum atomic E-state index is -0.183. The number of pyridine rings is 1. The van der Waals surface area contributed by atoms with Crippen LogP contribution in [0.4, 0.5) is 10.2 Å². The van der Waals surface area contributed by atoms with Crippen molar-refractivity contribution in [2.45, 2.75) is 39.3 Å². The molecule has 1 aliphatic heterocycles. The second kappa shape index (κ2) is 8.66. The second-order valence-electron chi connectivity index (χ2n) is 7.64. The highest BCUT2D eigenvalue weighted by Crippen LogP contribution is 2.23. The molecular formula is C23H26FN5. The molecule has 0 atom stereocenters. The van der Waals surface area contributed by atoms with Crippen molar-refractivity contribution in [3.63, 3.8) is 0 Å². The highest BCUT2D eigenvalue weighted by molar-refractivity contribution is 5.56. The Morgan fingerprint density at radius 3 is 2.48 bits per heavy atom. The Balaban J connectivity index is 1.40. The lowest BCUT2D eigenvalue weighted by Gasteiger charge is -2.33. The third-order valence-electron chi connectivity index (χ3n) is 5.53. The standard InChI is InChI=1S/C23H26FN5/c1-16-17(2)26-23(21-5-3-4-12-25-21)28-22(16)27-20-10-13-29(14-11-20)15-18-6-8-19(24)9-7-18/h3-9,12,20H,10-11,13-15H2,1-2H3,(H,26,27,28). The fourth-order valence-corrected chi connectivity index (χ4v) is 3.66. The normalized spacial score (nSPS) is 15.4. The number of hydrogen-bond acceptors (Lipinski definition) is 5. The molecule has 1 aromatic carbocycles. The minimum Gasteiger partial charge on any atom is -0.367 e. The van der Waals surface area contributed by atoms with E-state index in [4.69, 9.17) is 4.98 Å². The molecule has 0 amide bonds. The van der Waals surface area contributed by atoms with Gasteiger partial charge < -0.3 is 5.32 Å². The van der Waals surface area contributed by atoms with Gasteiger partial charge in [0.2, 0.25) is 0 Å². The van der Waals surface area contributed by atoms with Gasteiger partial charge in [-0.15, -0.1) is 0 Å². The third-order valence-corrected chi connectivity index (χ3v) is 5.53. The van der Waals surface area contributed by atoms with E-state index in [9.17, 15) is 4.39 Å². The molecule has 6 heteroatoms. The van der Waals surface area contributed by atoms with Gasteiger partial charge in [-0.1, -0.05) is 18.2 Å². The molecule has 0 aliphatic carbocycles. The van der Waals surface area contributed by atoms with E-state index in [1.54, 1.807) is 6.20 Å². The van der Waals surface area contributed by atoms with Gasteiger partial charge in [-0.2, -0.15) is 0 Å². The smallest absolute Gasteiger partial charge is 0.180 e. The molecule has 0 bridgehead atoms. The topological polar surface area (TPSA) is 53.9 Å². The van der Waals surface area contributed by atoms with Gasteiger partial charge in [0, 0.05) is 43.1 Å². The van der Waals surface area contributed by atoms with Crippen LogP contribution in [0, 0.1) is 19.7 Å². The molecule has 0 unspecified atom stereocenters. The van der Waals surface area contributed by atoms with Crippen molar-refractivity contribution in [1.29, 1.82) is 0 Å². The average molecular weight is 391 g/mol. The second-order valence-corrected chi connectivity index (χ2v) is 7.64. The van der Waals surface area contributed by atoms with Crippen LogP contribution >= 0.6 is 0 Å². The van der Waals surface area contributed by atoms with Gasteiger partial charge in [0.25, 0.3) is 0 Å². The molecule has 5 nitrogen and oxygen atoms in total. The summed E-state index contributed by atoms with van der Waals surface area (Å²) in [7, 11) is 0. The zero-order valence-corrected chi connectivity index (χ0v) is 16.9. The van der Waals surface area contributed by atoms with E-state index in [0.29, 0.717) is 11.9 Å². The SMILES string of the molecule is Cc1nc(-c2ccccn2)nc(NC2CCN(Cc3ccc(F)cc3)CC2)c1C. The summed E-state index contributed by atoms with van der Waals surface area (Å²) in [6.45, 7) is 6.95. The van der Waals surface area contributed by atoms with Gasteiger partial charge in [0.05, 0.1) is 0 Å². The van der Waals surface area contributed by atoms with Gasteiger partial charge >= 0.3 is 0 Å². The Bertz CT molecular complexity index is 951. The lowest BCUT2D eigenvalue weighted by molar-refractivity contribution is 0.211. The van der Waals surface area contributed by atoms with Crippen molar-refractivity contribution in [2.24, 2.45) is 0 Å². The van der Waals surface area contributed by atoms with Gasteiger partial charge in [-0.25, -0.2) is 14.4 Å². The first-order chi connectivity index (χ1) is 14.1. The van der Waals surface area contributed by atoms with Crippen molar-refractivity contribution < 1.29 is 4.39 Å². The Hall–Kier alpha value is -2.86. The van der Waals surface area contributed by atoms with Crippen LogP contribution in [0.15, 0.2) is 48.7 Å². The van der Waals surface area contributed by atoms with E-state index in [1.807, 2.05) is 37.3 Å². The zero-order chi connectivity index (χ0) is 20.2. The molecule has 1 aliphatic rings. The van der Waals surface area contributed by atoms with E-state index in [0.717, 1.165) is 60.8 Å². The molecule has 1 fully saturated rings. The summed E-state index contributed by atoms with van der Waals surface area (Å²) >= 11 is 0. The van der Waals surface area contributed by atoms with E-state index < -0.39 is 0 Å². The van der Waals surface area contributed by atoms with Crippen LogP contribution in [0.3, 0.4) is 0 Å². The Kier molecular flexibility index (Phi) is 5.81. The highest BCUT2D eigenvalue weighted by Gasteiger charge is 2.21. The summed E-state index contributed by atoms with van der Waals surface area (Å²) in [5, 5.41) is 3.64. The van der Waals surface area contributed by atoms with Gasteiger partial charge in [-0.05, 0) is 56.5 Å². The highest BCUT2D eigenvalue weighted by atomic mass is 19.1. The van der Waals surface area contributed by atoms with Gasteiger partial charge in [-0.3, -0.25) is 9.88 Å². The fraction of sp³-hybridized carbons (Fsp3) is 0.348. The average Bonchev–Trinajstić information content (AvgIpc) is 2.75. The number of anilines is 1. The van der Waals surface area contributed by atoms with Crippen molar-refractivity contribution in [1.82, 2.24) is 19.9 Å². The number of nitrogens with zero attached hydrogens (tertiary/aromatic N) is 4. The van der Waals surface area contributed by atoms with Crippen LogP contribution in [0.25, 0.3) is 11.5 Å². The molecule has 2 aromatic heterocycles. The summed E-state index contributed by atoms with van der Waals surface area (Å²) in [5.41, 5.74) is 3.99. The van der Waals surface area contributed by atoms with Crippen molar-refractivity contribution in [3.8, 4) is 11.5 Å². The van der Waals surface area contributed by atoms with Gasteiger partial charge in [0.1, 0.15) is 17.3 Å². The molecule has 150 valence electrons. The van der Waals surface area contributed by atoms with E-state index >= 15 is 0 Å².